The van der Waals surface area contributed by atoms with Crippen LogP contribution >= 0.6 is 0 Å². The second kappa shape index (κ2) is 6.14. The molecule has 0 nitrogen and oxygen atoms in total. The van der Waals surface area contributed by atoms with Crippen molar-refractivity contribution in [3.05, 3.63) is 24.1 Å². The largest absolute Gasteiger partial charge is 0.207 e. The van der Waals surface area contributed by atoms with Gasteiger partial charge in [0, 0.05) is 0 Å². The van der Waals surface area contributed by atoms with Crippen molar-refractivity contribution in [1.82, 2.24) is 0 Å². The molecule has 0 heterocycles. The topological polar surface area (TPSA) is 0 Å². The maximum Gasteiger partial charge on any atom is 0.118 e. The first-order valence-corrected chi connectivity index (χ1v) is 4.19. The van der Waals surface area contributed by atoms with Crippen LogP contribution in [0.2, 0.25) is 0 Å². The van der Waals surface area contributed by atoms with Crippen LogP contribution in [0.5, 0.6) is 0 Å². The van der Waals surface area contributed by atoms with Gasteiger partial charge < -0.3 is 0 Å². The second-order valence-electron chi connectivity index (χ2n) is 3.03. The van der Waals surface area contributed by atoms with Crippen LogP contribution in [0, 0.1) is 5.92 Å². The van der Waals surface area contributed by atoms with Crippen molar-refractivity contribution in [3.8, 4) is 0 Å². The minimum atomic E-state index is -0.117. The monoisotopic (exact) mass is 156 g/mol. The second-order valence-corrected chi connectivity index (χ2v) is 3.03. The summed E-state index contributed by atoms with van der Waals surface area (Å²) in [5, 5.41) is 0. The molecule has 0 saturated heterocycles. The van der Waals surface area contributed by atoms with E-state index >= 15 is 0 Å². The molecule has 0 aliphatic carbocycles. The Hall–Kier alpha value is -0.590. The highest BCUT2D eigenvalue weighted by atomic mass is 19.1. The van der Waals surface area contributed by atoms with Gasteiger partial charge in [-0.25, -0.2) is 4.39 Å². The Morgan fingerprint density at radius 1 is 1.45 bits per heavy atom. The maximum absolute atomic E-state index is 12.6. The fraction of sp³-hybridized carbons (Fsp3) is 0.600. The van der Waals surface area contributed by atoms with Gasteiger partial charge in [-0.1, -0.05) is 26.8 Å². The summed E-state index contributed by atoms with van der Waals surface area (Å²) in [6.45, 7) is 6.16. The summed E-state index contributed by atoms with van der Waals surface area (Å²) in [4.78, 5) is 0. The quantitative estimate of drug-likeness (QED) is 0.542. The van der Waals surface area contributed by atoms with Gasteiger partial charge in [0.05, 0.1) is 0 Å². The lowest BCUT2D eigenvalue weighted by Gasteiger charge is -1.95. The molecule has 64 valence electrons. The standard InChI is InChI=1S/C10H17F/c1-4-6-10(11)8-5-7-9(2)3/h5-6,8-9H,4,7H2,1-3H3/b8-5-,10-6+. The molecule has 0 rings (SSSR count). The van der Waals surface area contributed by atoms with E-state index < -0.39 is 0 Å². The number of halogens is 1. The van der Waals surface area contributed by atoms with Crippen LogP contribution in [0.15, 0.2) is 24.1 Å². The third kappa shape index (κ3) is 7.31. The minimum Gasteiger partial charge on any atom is -0.207 e. The highest BCUT2D eigenvalue weighted by Crippen LogP contribution is 2.04. The maximum atomic E-state index is 12.6. The van der Waals surface area contributed by atoms with Crippen molar-refractivity contribution in [2.24, 2.45) is 5.92 Å². The van der Waals surface area contributed by atoms with E-state index in [9.17, 15) is 4.39 Å². The molecular weight excluding hydrogens is 139 g/mol. The third-order valence-electron chi connectivity index (χ3n) is 1.28. The highest BCUT2D eigenvalue weighted by molar-refractivity contribution is 5.10. The SMILES string of the molecule is CC/C=C(F)\C=C/CC(C)C. The van der Waals surface area contributed by atoms with E-state index in [2.05, 4.69) is 13.8 Å². The first kappa shape index (κ1) is 10.4. The molecule has 0 saturated carbocycles. The van der Waals surface area contributed by atoms with E-state index in [1.54, 1.807) is 12.2 Å². The van der Waals surface area contributed by atoms with Crippen LogP contribution in [0.1, 0.15) is 33.6 Å². The Morgan fingerprint density at radius 3 is 2.55 bits per heavy atom. The predicted molar refractivity (Wildman–Crippen MR) is 48.1 cm³/mol. The van der Waals surface area contributed by atoms with Crippen molar-refractivity contribution >= 4 is 0 Å². The zero-order valence-corrected chi connectivity index (χ0v) is 7.60. The summed E-state index contributed by atoms with van der Waals surface area (Å²) in [6, 6.07) is 0. The fourth-order valence-electron chi connectivity index (χ4n) is 0.716. The first-order valence-electron chi connectivity index (χ1n) is 4.19. The van der Waals surface area contributed by atoms with Crippen LogP contribution in [0.25, 0.3) is 0 Å². The average molecular weight is 156 g/mol. The van der Waals surface area contributed by atoms with E-state index in [1.165, 1.54) is 0 Å². The van der Waals surface area contributed by atoms with Crippen molar-refractivity contribution in [2.45, 2.75) is 33.6 Å². The molecule has 0 aromatic carbocycles. The molecule has 0 N–H and O–H groups in total. The summed E-state index contributed by atoms with van der Waals surface area (Å²) in [5.74, 6) is 0.494. The summed E-state index contributed by atoms with van der Waals surface area (Å²) < 4.78 is 12.6. The van der Waals surface area contributed by atoms with E-state index in [-0.39, 0.29) is 5.83 Å². The lowest BCUT2D eigenvalue weighted by atomic mass is 10.1. The summed E-state index contributed by atoms with van der Waals surface area (Å²) >= 11 is 0. The van der Waals surface area contributed by atoms with Crippen LogP contribution in [-0.4, -0.2) is 0 Å². The molecule has 0 spiro atoms. The fourth-order valence-corrected chi connectivity index (χ4v) is 0.716. The molecule has 0 aromatic rings. The molecule has 0 unspecified atom stereocenters. The lowest BCUT2D eigenvalue weighted by Crippen LogP contribution is -1.81. The van der Waals surface area contributed by atoms with Gasteiger partial charge in [0.25, 0.3) is 0 Å². The zero-order valence-electron chi connectivity index (χ0n) is 7.60. The van der Waals surface area contributed by atoms with Crippen LogP contribution < -0.4 is 0 Å². The van der Waals surface area contributed by atoms with Crippen molar-refractivity contribution in [2.75, 3.05) is 0 Å². The van der Waals surface area contributed by atoms with Crippen molar-refractivity contribution < 1.29 is 4.39 Å². The van der Waals surface area contributed by atoms with Crippen molar-refractivity contribution in [3.63, 3.8) is 0 Å². The highest BCUT2D eigenvalue weighted by Gasteiger charge is 1.88. The van der Waals surface area contributed by atoms with E-state index in [1.807, 2.05) is 13.0 Å². The zero-order chi connectivity index (χ0) is 8.69. The van der Waals surface area contributed by atoms with Gasteiger partial charge in [-0.2, -0.15) is 0 Å². The van der Waals surface area contributed by atoms with Crippen LogP contribution in [-0.2, 0) is 0 Å². The van der Waals surface area contributed by atoms with Gasteiger partial charge in [-0.3, -0.25) is 0 Å². The first-order chi connectivity index (χ1) is 5.16. The lowest BCUT2D eigenvalue weighted by molar-refractivity contribution is 0.646. The Balaban J connectivity index is 3.65. The van der Waals surface area contributed by atoms with Gasteiger partial charge in [0.15, 0.2) is 0 Å². The summed E-state index contributed by atoms with van der Waals surface area (Å²) in [5.41, 5.74) is 0. The van der Waals surface area contributed by atoms with E-state index in [0.29, 0.717) is 5.92 Å². The Bertz CT molecular complexity index is 143. The molecule has 0 aliphatic heterocycles. The van der Waals surface area contributed by atoms with E-state index in [0.717, 1.165) is 12.8 Å². The molecular formula is C10H17F. The molecule has 0 bridgehead atoms. The van der Waals surface area contributed by atoms with Gasteiger partial charge in [-0.15, -0.1) is 0 Å². The smallest absolute Gasteiger partial charge is 0.118 e. The third-order valence-corrected chi connectivity index (χ3v) is 1.28. The van der Waals surface area contributed by atoms with Gasteiger partial charge in [0.2, 0.25) is 0 Å². The molecule has 0 radical (unpaired) electrons. The summed E-state index contributed by atoms with van der Waals surface area (Å²) in [6.07, 6.45) is 6.72. The van der Waals surface area contributed by atoms with Crippen LogP contribution in [0.3, 0.4) is 0 Å². The van der Waals surface area contributed by atoms with Gasteiger partial charge in [0.1, 0.15) is 5.83 Å². The molecule has 0 aromatic heterocycles. The number of hydrogen-bond donors (Lipinski definition) is 0. The molecule has 0 atom stereocenters. The molecule has 0 amide bonds. The van der Waals surface area contributed by atoms with E-state index in [4.69, 9.17) is 0 Å². The van der Waals surface area contributed by atoms with Gasteiger partial charge >= 0.3 is 0 Å². The predicted octanol–water partition coefficient (Wildman–Crippen LogP) is 3.85. The molecule has 11 heavy (non-hydrogen) atoms. The Labute approximate surface area is 68.8 Å². The number of hydrogen-bond acceptors (Lipinski definition) is 0. The Kier molecular flexibility index (Phi) is 5.81. The molecule has 0 fully saturated rings. The minimum absolute atomic E-state index is 0.117. The average Bonchev–Trinajstić information content (AvgIpc) is 1.87. The Morgan fingerprint density at radius 2 is 2.09 bits per heavy atom. The van der Waals surface area contributed by atoms with Crippen LogP contribution in [0.4, 0.5) is 4.39 Å². The van der Waals surface area contributed by atoms with Crippen molar-refractivity contribution in [1.29, 1.82) is 0 Å². The molecule has 0 aliphatic rings. The van der Waals surface area contributed by atoms with Gasteiger partial charge in [-0.05, 0) is 30.9 Å². The normalized spacial score (nSPS) is 13.4. The number of allylic oxidation sites excluding steroid dienone is 4. The molecule has 1 heteroatoms. The summed E-state index contributed by atoms with van der Waals surface area (Å²) in [7, 11) is 0. The number of rotatable bonds is 4.